The lowest BCUT2D eigenvalue weighted by atomic mass is 9.75. The Balaban J connectivity index is 1.72. The number of methoxy groups -OCH3 is 1. The number of fused-ring (bicyclic) bond motifs is 1. The lowest BCUT2D eigenvalue weighted by Crippen LogP contribution is -2.53. The van der Waals surface area contributed by atoms with Crippen molar-refractivity contribution in [3.05, 3.63) is 101 Å². The fraction of sp³-hybridized carbons (Fsp3) is 0.192. The summed E-state index contributed by atoms with van der Waals surface area (Å²) >= 11 is 6.02. The molecule has 0 radical (unpaired) electrons. The molecule has 6 nitrogen and oxygen atoms in total. The van der Waals surface area contributed by atoms with Crippen molar-refractivity contribution in [1.29, 1.82) is 0 Å². The Hall–Kier alpha value is -3.48. The van der Waals surface area contributed by atoms with E-state index in [1.165, 1.54) is 12.0 Å². The molecular formula is C26H21ClN2O4. The van der Waals surface area contributed by atoms with Crippen LogP contribution < -0.4 is 10.2 Å². The number of carbonyl (C=O) groups excluding carboxylic acids is 3. The van der Waals surface area contributed by atoms with Gasteiger partial charge < -0.3 is 4.74 Å². The Labute approximate surface area is 196 Å². The van der Waals surface area contributed by atoms with Gasteiger partial charge in [-0.05, 0) is 35.4 Å². The van der Waals surface area contributed by atoms with Crippen molar-refractivity contribution in [3.8, 4) is 0 Å². The Morgan fingerprint density at radius 2 is 1.52 bits per heavy atom. The zero-order chi connectivity index (χ0) is 23.2. The Morgan fingerprint density at radius 1 is 0.909 bits per heavy atom. The normalized spacial score (nSPS) is 26.4. The fourth-order valence-electron chi connectivity index (χ4n) is 5.13. The van der Waals surface area contributed by atoms with Crippen molar-refractivity contribution < 1.29 is 19.1 Å². The van der Waals surface area contributed by atoms with E-state index >= 15 is 0 Å². The summed E-state index contributed by atoms with van der Waals surface area (Å²) in [6, 6.07) is 24.3. The molecule has 2 fully saturated rings. The molecule has 0 saturated carbocycles. The monoisotopic (exact) mass is 460 g/mol. The van der Waals surface area contributed by atoms with Gasteiger partial charge in [0.05, 0.1) is 24.6 Å². The van der Waals surface area contributed by atoms with E-state index in [1.54, 1.807) is 48.5 Å². The van der Waals surface area contributed by atoms with E-state index in [0.29, 0.717) is 16.3 Å². The lowest BCUT2D eigenvalue weighted by Gasteiger charge is -2.33. The molecule has 1 N–H and O–H groups in total. The van der Waals surface area contributed by atoms with Crippen LogP contribution in [-0.4, -0.2) is 24.9 Å². The van der Waals surface area contributed by atoms with Gasteiger partial charge >= 0.3 is 5.97 Å². The van der Waals surface area contributed by atoms with Crippen LogP contribution in [0, 0.1) is 11.8 Å². The molecular weight excluding hydrogens is 440 g/mol. The average molecular weight is 461 g/mol. The molecule has 33 heavy (non-hydrogen) atoms. The summed E-state index contributed by atoms with van der Waals surface area (Å²) in [6.07, 6.45) is 0. The number of carbonyl (C=O) groups is 3. The molecule has 2 heterocycles. The minimum Gasteiger partial charge on any atom is -0.467 e. The number of ether oxygens (including phenoxy) is 1. The number of halogens is 1. The van der Waals surface area contributed by atoms with Gasteiger partial charge in [0.2, 0.25) is 11.8 Å². The first-order chi connectivity index (χ1) is 16.0. The quantitative estimate of drug-likeness (QED) is 0.472. The number of rotatable bonds is 4. The van der Waals surface area contributed by atoms with Crippen molar-refractivity contribution in [3.63, 3.8) is 0 Å². The number of nitrogens with zero attached hydrogens (tertiary/aromatic N) is 1. The van der Waals surface area contributed by atoms with Gasteiger partial charge in [0, 0.05) is 11.1 Å². The fourth-order valence-corrected chi connectivity index (χ4v) is 5.26. The van der Waals surface area contributed by atoms with Crippen LogP contribution >= 0.6 is 11.6 Å². The Kier molecular flexibility index (Phi) is 5.27. The molecule has 166 valence electrons. The van der Waals surface area contributed by atoms with Crippen molar-refractivity contribution in [1.82, 2.24) is 5.32 Å². The topological polar surface area (TPSA) is 75.7 Å². The minimum atomic E-state index is -1.52. The third-order valence-electron chi connectivity index (χ3n) is 6.54. The molecule has 2 saturated heterocycles. The maximum atomic E-state index is 13.9. The van der Waals surface area contributed by atoms with Crippen molar-refractivity contribution in [2.75, 3.05) is 12.0 Å². The van der Waals surface area contributed by atoms with Crippen molar-refractivity contribution in [2.45, 2.75) is 11.6 Å². The standard InChI is InChI=1S/C26H21ClN2O4/c1-33-25(32)26(17-10-6-3-7-11-17)21-20(22(28-26)16-8-4-2-5-9-16)23(30)29(24(21)31)19-14-12-18(27)13-15-19/h2-15,20-22,28H,1H3/t20-,21-,22+,26+/m0/s1. The predicted molar refractivity (Wildman–Crippen MR) is 123 cm³/mol. The zero-order valence-electron chi connectivity index (χ0n) is 17.8. The van der Waals surface area contributed by atoms with Gasteiger partial charge in [0.1, 0.15) is 0 Å². The average Bonchev–Trinajstić information content (AvgIpc) is 3.35. The number of esters is 1. The highest BCUT2D eigenvalue weighted by atomic mass is 35.5. The summed E-state index contributed by atoms with van der Waals surface area (Å²) in [5, 5.41) is 3.86. The zero-order valence-corrected chi connectivity index (χ0v) is 18.5. The van der Waals surface area contributed by atoms with E-state index < -0.39 is 35.3 Å². The van der Waals surface area contributed by atoms with E-state index in [1.807, 2.05) is 36.4 Å². The van der Waals surface area contributed by atoms with Crippen LogP contribution in [0.2, 0.25) is 5.02 Å². The second-order valence-corrected chi connectivity index (χ2v) is 8.63. The summed E-state index contributed by atoms with van der Waals surface area (Å²) in [4.78, 5) is 42.3. The van der Waals surface area contributed by atoms with Gasteiger partial charge in [-0.1, -0.05) is 72.3 Å². The highest BCUT2D eigenvalue weighted by Gasteiger charge is 2.69. The summed E-state index contributed by atoms with van der Waals surface area (Å²) < 4.78 is 5.22. The van der Waals surface area contributed by atoms with Crippen LogP contribution in [-0.2, 0) is 24.7 Å². The molecule has 0 spiro atoms. The van der Waals surface area contributed by atoms with Crippen LogP contribution in [0.4, 0.5) is 5.69 Å². The van der Waals surface area contributed by atoms with E-state index in [4.69, 9.17) is 16.3 Å². The van der Waals surface area contributed by atoms with Gasteiger partial charge in [-0.25, -0.2) is 9.69 Å². The first-order valence-electron chi connectivity index (χ1n) is 10.6. The van der Waals surface area contributed by atoms with E-state index in [0.717, 1.165) is 5.56 Å². The molecule has 7 heteroatoms. The third kappa shape index (κ3) is 3.17. The smallest absolute Gasteiger partial charge is 0.331 e. The molecule has 0 aliphatic carbocycles. The number of hydrogen-bond donors (Lipinski definition) is 1. The SMILES string of the molecule is COC(=O)[C@]1(c2ccccc2)N[C@H](c2ccccc2)[C@H]2C(=O)N(c3ccc(Cl)cc3)C(=O)[C@H]21. The van der Waals surface area contributed by atoms with Gasteiger partial charge in [0.15, 0.2) is 5.54 Å². The first kappa shape index (κ1) is 21.4. The lowest BCUT2D eigenvalue weighted by molar-refractivity contribution is -0.152. The molecule has 3 aromatic carbocycles. The van der Waals surface area contributed by atoms with Crippen LogP contribution in [0.25, 0.3) is 0 Å². The minimum absolute atomic E-state index is 0.365. The third-order valence-corrected chi connectivity index (χ3v) is 6.79. The number of amides is 2. The Bertz CT molecular complexity index is 1220. The number of hydrogen-bond acceptors (Lipinski definition) is 5. The molecule has 2 amide bonds. The van der Waals surface area contributed by atoms with E-state index in [9.17, 15) is 14.4 Å². The first-order valence-corrected chi connectivity index (χ1v) is 11.0. The van der Waals surface area contributed by atoms with Crippen LogP contribution in [0.5, 0.6) is 0 Å². The maximum Gasteiger partial charge on any atom is 0.331 e. The predicted octanol–water partition coefficient (Wildman–Crippen LogP) is 3.86. The molecule has 5 rings (SSSR count). The maximum absolute atomic E-state index is 13.9. The molecule has 2 aliphatic heterocycles. The van der Waals surface area contributed by atoms with Crippen molar-refractivity contribution in [2.24, 2.45) is 11.8 Å². The summed E-state index contributed by atoms with van der Waals surface area (Å²) in [6.45, 7) is 0. The number of nitrogens with one attached hydrogen (secondary N) is 1. The van der Waals surface area contributed by atoms with Gasteiger partial charge in [-0.3, -0.25) is 14.9 Å². The molecule has 0 bridgehead atoms. The second kappa shape index (κ2) is 8.14. The van der Waals surface area contributed by atoms with Gasteiger partial charge in [-0.2, -0.15) is 0 Å². The molecule has 4 atom stereocenters. The highest BCUT2D eigenvalue weighted by Crippen LogP contribution is 2.54. The van der Waals surface area contributed by atoms with Crippen molar-refractivity contribution >= 4 is 35.1 Å². The Morgan fingerprint density at radius 3 is 2.12 bits per heavy atom. The molecule has 0 aromatic heterocycles. The molecule has 2 aliphatic rings. The van der Waals surface area contributed by atoms with E-state index in [2.05, 4.69) is 5.32 Å². The van der Waals surface area contributed by atoms with Crippen LogP contribution in [0.1, 0.15) is 17.2 Å². The number of imide groups is 1. The number of anilines is 1. The van der Waals surface area contributed by atoms with Crippen LogP contribution in [0.15, 0.2) is 84.9 Å². The second-order valence-electron chi connectivity index (χ2n) is 8.19. The highest BCUT2D eigenvalue weighted by molar-refractivity contribution is 6.31. The van der Waals surface area contributed by atoms with Gasteiger partial charge in [-0.15, -0.1) is 0 Å². The summed E-state index contributed by atoms with van der Waals surface area (Å²) in [7, 11) is 1.29. The molecule has 0 unspecified atom stereocenters. The summed E-state index contributed by atoms with van der Waals surface area (Å²) in [5.41, 5.74) is 0.287. The number of benzene rings is 3. The van der Waals surface area contributed by atoms with Gasteiger partial charge in [0.25, 0.3) is 0 Å². The summed E-state index contributed by atoms with van der Waals surface area (Å²) in [5.74, 6) is -3.21. The van der Waals surface area contributed by atoms with E-state index in [-0.39, 0.29) is 5.91 Å². The largest absolute Gasteiger partial charge is 0.467 e. The van der Waals surface area contributed by atoms with Crippen LogP contribution in [0.3, 0.4) is 0 Å². The molecule has 3 aromatic rings.